The molecule has 0 aromatic heterocycles. The van der Waals surface area contributed by atoms with Gasteiger partial charge in [-0.3, -0.25) is 9.59 Å². The molecule has 2 amide bonds. The highest BCUT2D eigenvalue weighted by atomic mass is 32.2. The van der Waals surface area contributed by atoms with Gasteiger partial charge in [-0.2, -0.15) is 4.31 Å². The van der Waals surface area contributed by atoms with Crippen LogP contribution in [-0.4, -0.2) is 62.2 Å². The van der Waals surface area contributed by atoms with Crippen molar-refractivity contribution in [2.75, 3.05) is 32.8 Å². The number of primary amides is 1. The number of hydrogen-bond donors (Lipinski definition) is 1. The first-order valence-corrected chi connectivity index (χ1v) is 10.8. The predicted octanol–water partition coefficient (Wildman–Crippen LogP) is 1.23. The fourth-order valence-electron chi connectivity index (χ4n) is 3.09. The van der Waals surface area contributed by atoms with E-state index in [0.717, 1.165) is 12.1 Å². The van der Waals surface area contributed by atoms with Crippen molar-refractivity contribution < 1.29 is 27.1 Å². The molecule has 2 aromatic rings. The summed E-state index contributed by atoms with van der Waals surface area (Å²) in [5.74, 6) is -0.910. The van der Waals surface area contributed by atoms with E-state index in [1.807, 2.05) is 0 Å². The Morgan fingerprint density at radius 2 is 1.63 bits per heavy atom. The Hall–Kier alpha value is -2.98. The first kappa shape index (κ1) is 21.7. The zero-order valence-electron chi connectivity index (χ0n) is 16.2. The topological polar surface area (TPSA) is 110 Å². The van der Waals surface area contributed by atoms with Crippen LogP contribution in [0.5, 0.6) is 5.75 Å². The van der Waals surface area contributed by atoms with Crippen LogP contribution in [0.3, 0.4) is 0 Å². The monoisotopic (exact) mass is 435 g/mol. The average Bonchev–Trinajstić information content (AvgIpc) is 2.99. The van der Waals surface area contributed by atoms with E-state index in [2.05, 4.69) is 0 Å². The molecular weight excluding hydrogens is 413 g/mol. The molecule has 0 unspecified atom stereocenters. The van der Waals surface area contributed by atoms with E-state index >= 15 is 0 Å². The van der Waals surface area contributed by atoms with Crippen molar-refractivity contribution in [3.8, 4) is 5.75 Å². The largest absolute Gasteiger partial charge is 0.484 e. The van der Waals surface area contributed by atoms with Gasteiger partial charge < -0.3 is 15.4 Å². The van der Waals surface area contributed by atoms with Crippen molar-refractivity contribution in [3.05, 3.63) is 59.9 Å². The molecule has 3 rings (SSSR count). The van der Waals surface area contributed by atoms with E-state index in [0.29, 0.717) is 24.3 Å². The number of carbonyl (C=O) groups excluding carboxylic acids is 2. The molecule has 1 heterocycles. The van der Waals surface area contributed by atoms with Crippen LogP contribution in [0, 0.1) is 5.82 Å². The van der Waals surface area contributed by atoms with Crippen molar-refractivity contribution >= 4 is 21.8 Å². The van der Waals surface area contributed by atoms with Crippen LogP contribution in [0.1, 0.15) is 16.8 Å². The highest BCUT2D eigenvalue weighted by Gasteiger charge is 2.28. The molecule has 8 nitrogen and oxygen atoms in total. The summed E-state index contributed by atoms with van der Waals surface area (Å²) in [6.07, 6.45) is 0.472. The number of amides is 2. The number of benzene rings is 2. The standard InChI is InChI=1S/C20H22FN3O5S/c21-16-4-8-18(9-5-16)30(27,28)24-11-1-10-23(12-13-24)19(25)14-29-17-6-2-15(3-7-17)20(22)26/h2-9H,1,10-14H2,(H2,22,26). The van der Waals surface area contributed by atoms with E-state index in [4.69, 9.17) is 10.5 Å². The van der Waals surface area contributed by atoms with E-state index in [-0.39, 0.29) is 37.0 Å². The van der Waals surface area contributed by atoms with Crippen LogP contribution in [0.2, 0.25) is 0 Å². The Kier molecular flexibility index (Phi) is 6.68. The van der Waals surface area contributed by atoms with Crippen molar-refractivity contribution in [3.63, 3.8) is 0 Å². The number of rotatable bonds is 6. The molecule has 30 heavy (non-hydrogen) atoms. The van der Waals surface area contributed by atoms with Gasteiger partial charge in [-0.05, 0) is 55.0 Å². The fourth-order valence-corrected chi connectivity index (χ4v) is 4.56. The van der Waals surface area contributed by atoms with E-state index in [9.17, 15) is 22.4 Å². The van der Waals surface area contributed by atoms with Gasteiger partial charge in [-0.25, -0.2) is 12.8 Å². The van der Waals surface area contributed by atoms with Crippen molar-refractivity contribution in [2.24, 2.45) is 5.73 Å². The Morgan fingerprint density at radius 3 is 2.27 bits per heavy atom. The Bertz CT molecular complexity index is 1010. The SMILES string of the molecule is NC(=O)c1ccc(OCC(=O)N2CCCN(S(=O)(=O)c3ccc(F)cc3)CC2)cc1. The highest BCUT2D eigenvalue weighted by Crippen LogP contribution is 2.18. The van der Waals surface area contributed by atoms with E-state index < -0.39 is 21.7 Å². The minimum atomic E-state index is -3.76. The summed E-state index contributed by atoms with van der Waals surface area (Å²) in [6.45, 7) is 0.819. The second kappa shape index (κ2) is 9.23. The lowest BCUT2D eigenvalue weighted by Gasteiger charge is -2.22. The summed E-state index contributed by atoms with van der Waals surface area (Å²) in [6, 6.07) is 10.8. The van der Waals surface area contributed by atoms with Crippen LogP contribution < -0.4 is 10.5 Å². The Morgan fingerprint density at radius 1 is 0.967 bits per heavy atom. The second-order valence-corrected chi connectivity index (χ2v) is 8.71. The molecule has 0 aliphatic carbocycles. The van der Waals surface area contributed by atoms with Gasteiger partial charge in [-0.1, -0.05) is 0 Å². The molecule has 2 N–H and O–H groups in total. The quantitative estimate of drug-likeness (QED) is 0.734. The lowest BCUT2D eigenvalue weighted by atomic mass is 10.2. The van der Waals surface area contributed by atoms with Gasteiger partial charge >= 0.3 is 0 Å². The number of halogens is 1. The fraction of sp³-hybridized carbons (Fsp3) is 0.300. The van der Waals surface area contributed by atoms with Crippen molar-refractivity contribution in [1.82, 2.24) is 9.21 Å². The zero-order chi connectivity index (χ0) is 21.7. The third-order valence-corrected chi connectivity index (χ3v) is 6.67. The zero-order valence-corrected chi connectivity index (χ0v) is 17.0. The van der Waals surface area contributed by atoms with Crippen molar-refractivity contribution in [2.45, 2.75) is 11.3 Å². The maximum absolute atomic E-state index is 13.1. The number of ether oxygens (including phenoxy) is 1. The second-order valence-electron chi connectivity index (χ2n) is 6.77. The number of sulfonamides is 1. The number of hydrogen-bond acceptors (Lipinski definition) is 5. The molecular formula is C20H22FN3O5S. The Labute approximate surface area is 174 Å². The van der Waals surface area contributed by atoms with Gasteiger partial charge in [0.25, 0.3) is 5.91 Å². The van der Waals surface area contributed by atoms with Gasteiger partial charge in [-0.15, -0.1) is 0 Å². The summed E-state index contributed by atoms with van der Waals surface area (Å²) >= 11 is 0. The van der Waals surface area contributed by atoms with Crippen LogP contribution in [0.15, 0.2) is 53.4 Å². The van der Waals surface area contributed by atoms with Gasteiger partial charge in [0, 0.05) is 31.7 Å². The van der Waals surface area contributed by atoms with Crippen LogP contribution in [0.4, 0.5) is 4.39 Å². The third kappa shape index (κ3) is 5.14. The summed E-state index contributed by atoms with van der Waals surface area (Å²) in [4.78, 5) is 25.1. The normalized spacial score (nSPS) is 15.4. The minimum Gasteiger partial charge on any atom is -0.484 e. The highest BCUT2D eigenvalue weighted by molar-refractivity contribution is 7.89. The lowest BCUT2D eigenvalue weighted by Crippen LogP contribution is -2.39. The predicted molar refractivity (Wildman–Crippen MR) is 107 cm³/mol. The molecule has 1 fully saturated rings. The third-order valence-electron chi connectivity index (χ3n) is 4.76. The van der Waals surface area contributed by atoms with Crippen LogP contribution >= 0.6 is 0 Å². The van der Waals surface area contributed by atoms with Gasteiger partial charge in [0.1, 0.15) is 11.6 Å². The molecule has 0 spiro atoms. The van der Waals surface area contributed by atoms with E-state index in [1.165, 1.54) is 28.6 Å². The lowest BCUT2D eigenvalue weighted by molar-refractivity contribution is -0.133. The Balaban J connectivity index is 1.57. The maximum Gasteiger partial charge on any atom is 0.260 e. The molecule has 160 valence electrons. The van der Waals surface area contributed by atoms with E-state index in [1.54, 1.807) is 17.0 Å². The molecule has 0 radical (unpaired) electrons. The van der Waals surface area contributed by atoms with Gasteiger partial charge in [0.2, 0.25) is 15.9 Å². The summed E-state index contributed by atoms with van der Waals surface area (Å²) in [5.41, 5.74) is 5.52. The van der Waals surface area contributed by atoms with Crippen LogP contribution in [0.25, 0.3) is 0 Å². The average molecular weight is 435 g/mol. The smallest absolute Gasteiger partial charge is 0.260 e. The first-order valence-electron chi connectivity index (χ1n) is 9.33. The van der Waals surface area contributed by atoms with Crippen molar-refractivity contribution in [1.29, 1.82) is 0 Å². The molecule has 0 saturated carbocycles. The summed E-state index contributed by atoms with van der Waals surface area (Å²) in [7, 11) is -3.76. The molecule has 10 heteroatoms. The molecule has 0 atom stereocenters. The maximum atomic E-state index is 13.1. The summed E-state index contributed by atoms with van der Waals surface area (Å²) < 4.78 is 45.4. The minimum absolute atomic E-state index is 0.0198. The number of nitrogens with zero attached hydrogens (tertiary/aromatic N) is 2. The molecule has 1 aliphatic heterocycles. The number of carbonyl (C=O) groups is 2. The molecule has 0 bridgehead atoms. The van der Waals surface area contributed by atoms with Crippen LogP contribution in [-0.2, 0) is 14.8 Å². The molecule has 1 aliphatic rings. The molecule has 1 saturated heterocycles. The summed E-state index contributed by atoms with van der Waals surface area (Å²) in [5, 5.41) is 0. The molecule has 2 aromatic carbocycles. The first-order chi connectivity index (χ1) is 14.3. The van der Waals surface area contributed by atoms with Gasteiger partial charge in [0.05, 0.1) is 4.90 Å². The van der Waals surface area contributed by atoms with Gasteiger partial charge in [0.15, 0.2) is 6.61 Å². The number of nitrogens with two attached hydrogens (primary N) is 1.